The smallest absolute Gasteiger partial charge is 0.148 e. The summed E-state index contributed by atoms with van der Waals surface area (Å²) in [4.78, 5) is 22.2. The van der Waals surface area contributed by atoms with Gasteiger partial charge in [-0.3, -0.25) is 4.79 Å². The van der Waals surface area contributed by atoms with Crippen molar-refractivity contribution in [3.05, 3.63) is 0 Å². The molecule has 15 heavy (non-hydrogen) atoms. The zero-order valence-corrected chi connectivity index (χ0v) is 10.4. The lowest BCUT2D eigenvalue weighted by Crippen LogP contribution is -2.28. The molecule has 1 rings (SSSR count). The highest BCUT2D eigenvalue weighted by atomic mass is 32.2. The van der Waals surface area contributed by atoms with Gasteiger partial charge in [0.05, 0.1) is 10.5 Å². The van der Waals surface area contributed by atoms with Crippen LogP contribution in [0.15, 0.2) is 0 Å². The first kappa shape index (κ1) is 14.6. The fourth-order valence-electron chi connectivity index (χ4n) is 1.53. The Hall–Kier alpha value is -0.350. The van der Waals surface area contributed by atoms with Crippen LogP contribution in [0.4, 0.5) is 0 Å². The largest absolute Gasteiger partial charge is 0.400 e. The maximum Gasteiger partial charge on any atom is 0.148 e. The van der Waals surface area contributed by atoms with Crippen LogP contribution in [-0.4, -0.2) is 34.8 Å². The number of rotatable bonds is 3. The first-order chi connectivity index (χ1) is 7.15. The number of aliphatic hydroxyl groups is 1. The Morgan fingerprint density at radius 1 is 1.40 bits per heavy atom. The number of Topliss-reactive ketones (excluding diaryl/α,β-unsaturated/α-hetero) is 1. The van der Waals surface area contributed by atoms with Crippen molar-refractivity contribution in [2.45, 2.75) is 43.6 Å². The highest BCUT2D eigenvalue weighted by Gasteiger charge is 2.28. The van der Waals surface area contributed by atoms with Gasteiger partial charge in [0.15, 0.2) is 0 Å². The fourth-order valence-corrected chi connectivity index (χ4v) is 3.03. The maximum absolute atomic E-state index is 11.6. The van der Waals surface area contributed by atoms with Crippen molar-refractivity contribution in [1.29, 1.82) is 0 Å². The lowest BCUT2D eigenvalue weighted by Gasteiger charge is -2.25. The summed E-state index contributed by atoms with van der Waals surface area (Å²) in [6, 6.07) is 0. The monoisotopic (exact) mass is 232 g/mol. The molecule has 0 bridgehead atoms. The summed E-state index contributed by atoms with van der Waals surface area (Å²) in [5.74, 6) is 0.402. The van der Waals surface area contributed by atoms with E-state index in [4.69, 9.17) is 5.11 Å². The number of carbonyl (C=O) groups is 2. The molecule has 0 saturated carbocycles. The number of aliphatic hydroxyl groups excluding tert-OH is 1. The van der Waals surface area contributed by atoms with Gasteiger partial charge in [-0.1, -0.05) is 20.3 Å². The van der Waals surface area contributed by atoms with Crippen LogP contribution in [0.25, 0.3) is 0 Å². The molecule has 0 aliphatic carbocycles. The summed E-state index contributed by atoms with van der Waals surface area (Å²) in [6.07, 6.45) is 3.88. The van der Waals surface area contributed by atoms with Gasteiger partial charge in [-0.25, -0.2) is 0 Å². The number of aldehydes is 1. The van der Waals surface area contributed by atoms with Crippen LogP contribution in [0.2, 0.25) is 0 Å². The number of ketones is 1. The molecule has 1 saturated heterocycles. The van der Waals surface area contributed by atoms with E-state index < -0.39 is 0 Å². The van der Waals surface area contributed by atoms with E-state index in [1.165, 1.54) is 0 Å². The predicted octanol–water partition coefficient (Wildman–Crippen LogP) is 1.67. The van der Waals surface area contributed by atoms with E-state index in [0.717, 1.165) is 32.7 Å². The van der Waals surface area contributed by atoms with Crippen molar-refractivity contribution in [2.24, 2.45) is 5.92 Å². The predicted molar refractivity (Wildman–Crippen MR) is 63.1 cm³/mol. The Balaban J connectivity index is 0.000000921. The summed E-state index contributed by atoms with van der Waals surface area (Å²) < 4.78 is 0. The van der Waals surface area contributed by atoms with Gasteiger partial charge >= 0.3 is 0 Å². The molecule has 0 aromatic rings. The molecular formula is C11H20O3S. The molecule has 1 aliphatic rings. The highest BCUT2D eigenvalue weighted by Crippen LogP contribution is 2.32. The van der Waals surface area contributed by atoms with Crippen LogP contribution in [0.5, 0.6) is 0 Å². The summed E-state index contributed by atoms with van der Waals surface area (Å²) >= 11 is 1.55. The van der Waals surface area contributed by atoms with Crippen molar-refractivity contribution >= 4 is 23.8 Å². The molecule has 0 aromatic carbocycles. The van der Waals surface area contributed by atoms with Crippen LogP contribution < -0.4 is 0 Å². The lowest BCUT2D eigenvalue weighted by atomic mass is 10.0. The Kier molecular flexibility index (Phi) is 7.70. The minimum absolute atomic E-state index is 0.0569. The topological polar surface area (TPSA) is 54.4 Å². The number of carbonyl (C=O) groups excluding carboxylic acids is 2. The molecular weight excluding hydrogens is 212 g/mol. The van der Waals surface area contributed by atoms with Crippen molar-refractivity contribution < 1.29 is 14.7 Å². The molecule has 1 N–H and O–H groups in total. The summed E-state index contributed by atoms with van der Waals surface area (Å²) in [5, 5.41) is 7.13. The third-order valence-corrected chi connectivity index (χ3v) is 3.83. The van der Waals surface area contributed by atoms with Gasteiger partial charge < -0.3 is 9.90 Å². The Morgan fingerprint density at radius 2 is 2.00 bits per heavy atom. The molecule has 3 nitrogen and oxygen atoms in total. The second-order valence-corrected chi connectivity index (χ2v) is 5.23. The van der Waals surface area contributed by atoms with Gasteiger partial charge in [0.25, 0.3) is 0 Å². The number of hydrogen-bond acceptors (Lipinski definition) is 4. The van der Waals surface area contributed by atoms with E-state index >= 15 is 0 Å². The summed E-state index contributed by atoms with van der Waals surface area (Å²) in [7, 11) is 1.00. The number of thioether (sulfide) groups is 1. The molecule has 1 fully saturated rings. The third kappa shape index (κ3) is 4.80. The SMILES string of the molecule is CC(C)C(=O)C1CCCC(C=O)S1.CO. The molecule has 4 heteroatoms. The zero-order chi connectivity index (χ0) is 11.8. The van der Waals surface area contributed by atoms with Gasteiger partial charge in [0.1, 0.15) is 12.1 Å². The van der Waals surface area contributed by atoms with Crippen LogP contribution >= 0.6 is 11.8 Å². The van der Waals surface area contributed by atoms with Gasteiger partial charge in [-0.05, 0) is 12.8 Å². The van der Waals surface area contributed by atoms with E-state index in [2.05, 4.69) is 0 Å². The molecule has 1 aliphatic heterocycles. The highest BCUT2D eigenvalue weighted by molar-refractivity contribution is 8.01. The third-order valence-electron chi connectivity index (χ3n) is 2.33. The van der Waals surface area contributed by atoms with Gasteiger partial charge in [-0.2, -0.15) is 0 Å². The van der Waals surface area contributed by atoms with E-state index in [-0.39, 0.29) is 16.4 Å². The molecule has 2 atom stereocenters. The minimum atomic E-state index is 0.0569. The zero-order valence-electron chi connectivity index (χ0n) is 9.60. The quantitative estimate of drug-likeness (QED) is 0.752. The van der Waals surface area contributed by atoms with E-state index in [1.54, 1.807) is 11.8 Å². The fraction of sp³-hybridized carbons (Fsp3) is 0.818. The molecule has 0 aromatic heterocycles. The molecule has 88 valence electrons. The van der Waals surface area contributed by atoms with Crippen molar-refractivity contribution in [3.8, 4) is 0 Å². The van der Waals surface area contributed by atoms with Crippen molar-refractivity contribution in [1.82, 2.24) is 0 Å². The molecule has 0 radical (unpaired) electrons. The lowest BCUT2D eigenvalue weighted by molar-refractivity contribution is -0.121. The summed E-state index contributed by atoms with van der Waals surface area (Å²) in [6.45, 7) is 3.85. The van der Waals surface area contributed by atoms with Crippen molar-refractivity contribution in [2.75, 3.05) is 7.11 Å². The molecule has 0 amide bonds. The first-order valence-electron chi connectivity index (χ1n) is 5.24. The average molecular weight is 232 g/mol. The van der Waals surface area contributed by atoms with E-state index in [0.29, 0.717) is 5.78 Å². The van der Waals surface area contributed by atoms with Crippen LogP contribution in [0, 0.1) is 5.92 Å². The second kappa shape index (κ2) is 7.88. The standard InChI is InChI=1S/C10H16O2S.CH4O/c1-7(2)10(12)9-5-3-4-8(6-11)13-9;1-2/h6-9H,3-5H2,1-2H3;2H,1H3. The van der Waals surface area contributed by atoms with Crippen LogP contribution in [0.1, 0.15) is 33.1 Å². The Morgan fingerprint density at radius 3 is 2.47 bits per heavy atom. The van der Waals surface area contributed by atoms with Crippen LogP contribution in [0.3, 0.4) is 0 Å². The van der Waals surface area contributed by atoms with Crippen molar-refractivity contribution in [3.63, 3.8) is 0 Å². The molecule has 0 spiro atoms. The summed E-state index contributed by atoms with van der Waals surface area (Å²) in [5.41, 5.74) is 0. The molecule has 2 unspecified atom stereocenters. The first-order valence-corrected chi connectivity index (χ1v) is 6.18. The van der Waals surface area contributed by atoms with Crippen LogP contribution in [-0.2, 0) is 9.59 Å². The van der Waals surface area contributed by atoms with Gasteiger partial charge in [-0.15, -0.1) is 11.8 Å². The number of hydrogen-bond donors (Lipinski definition) is 1. The van der Waals surface area contributed by atoms with E-state index in [9.17, 15) is 9.59 Å². The Labute approximate surface area is 95.6 Å². The van der Waals surface area contributed by atoms with Gasteiger partial charge in [0, 0.05) is 13.0 Å². The van der Waals surface area contributed by atoms with Gasteiger partial charge in [0.2, 0.25) is 0 Å². The average Bonchev–Trinajstić information content (AvgIpc) is 2.30. The van der Waals surface area contributed by atoms with E-state index in [1.807, 2.05) is 13.8 Å². The minimum Gasteiger partial charge on any atom is -0.400 e. The molecule has 1 heterocycles. The maximum atomic E-state index is 11.6. The second-order valence-electron chi connectivity index (χ2n) is 3.79. The Bertz CT molecular complexity index is 204. The normalized spacial score (nSPS) is 25.4.